The fourth-order valence-electron chi connectivity index (χ4n) is 2.68. The molecular weight excluding hydrogens is 340 g/mol. The van der Waals surface area contributed by atoms with E-state index >= 15 is 0 Å². The average molecular weight is 369 g/mol. The van der Waals surface area contributed by atoms with E-state index in [0.717, 1.165) is 18.5 Å². The van der Waals surface area contributed by atoms with E-state index in [0.29, 0.717) is 10.7 Å². The highest BCUT2D eigenvalue weighted by Gasteiger charge is 2.40. The van der Waals surface area contributed by atoms with Crippen molar-refractivity contribution < 1.29 is 4.43 Å². The summed E-state index contributed by atoms with van der Waals surface area (Å²) in [5.74, 6) is 0. The van der Waals surface area contributed by atoms with Crippen LogP contribution in [0.2, 0.25) is 23.3 Å². The van der Waals surface area contributed by atoms with Gasteiger partial charge in [-0.25, -0.2) is 15.0 Å². The van der Waals surface area contributed by atoms with Gasteiger partial charge in [-0.3, -0.25) is 0 Å². The molecule has 0 spiro atoms. The molecule has 7 heteroatoms. The molecule has 2 rings (SSSR count). The minimum Gasteiger partial charge on any atom is -0.412 e. The molecule has 2 heterocycles. The van der Waals surface area contributed by atoms with Crippen molar-refractivity contribution in [2.45, 2.75) is 77.7 Å². The molecule has 0 aromatic carbocycles. The van der Waals surface area contributed by atoms with Gasteiger partial charge < -0.3 is 8.99 Å². The number of halogens is 1. The van der Waals surface area contributed by atoms with Gasteiger partial charge in [0.25, 0.3) is 0 Å². The van der Waals surface area contributed by atoms with Crippen LogP contribution in [-0.2, 0) is 4.43 Å². The van der Waals surface area contributed by atoms with Crippen molar-refractivity contribution >= 4 is 31.1 Å². The average Bonchev–Trinajstić information content (AvgIpc) is 2.88. The van der Waals surface area contributed by atoms with E-state index < -0.39 is 8.32 Å². The monoisotopic (exact) mass is 368 g/mol. The third kappa shape index (κ3) is 3.81. The van der Waals surface area contributed by atoms with E-state index in [4.69, 9.17) is 16.0 Å². The summed E-state index contributed by atoms with van der Waals surface area (Å²) in [5, 5.41) is 0.576. The quantitative estimate of drug-likeness (QED) is 0.517. The second-order valence-electron chi connectivity index (χ2n) is 7.93. The standard InChI is InChI=1S/C17H29ClN4OSi/c1-8-9-13(12(2)23-24(6,7)17(3,4)5)22-11-21-14-15(18)19-10-20-16(14)22/h10-13H,8-9H2,1-7H3/t12-,13+/m0/s1. The molecule has 0 radical (unpaired) electrons. The third-order valence-electron chi connectivity index (χ3n) is 5.08. The SMILES string of the molecule is CCC[C@H]([C@H](C)O[Si](C)(C)C(C)(C)C)n1cnc2c(Cl)ncnc21. The first-order valence-corrected chi connectivity index (χ1v) is 11.9. The Labute approximate surface area is 150 Å². The zero-order valence-corrected chi connectivity index (χ0v) is 17.6. The Hall–Kier alpha value is -0.983. The van der Waals surface area contributed by atoms with E-state index in [1.54, 1.807) is 0 Å². The van der Waals surface area contributed by atoms with E-state index in [-0.39, 0.29) is 17.2 Å². The van der Waals surface area contributed by atoms with E-state index in [1.165, 1.54) is 6.33 Å². The number of nitrogens with zero attached hydrogens (tertiary/aromatic N) is 4. The zero-order valence-electron chi connectivity index (χ0n) is 15.8. The molecule has 0 saturated heterocycles. The van der Waals surface area contributed by atoms with Crippen molar-refractivity contribution in [3.8, 4) is 0 Å². The van der Waals surface area contributed by atoms with Gasteiger partial charge in [0.05, 0.1) is 18.5 Å². The molecule has 0 fully saturated rings. The lowest BCUT2D eigenvalue weighted by molar-refractivity contribution is 0.133. The lowest BCUT2D eigenvalue weighted by Crippen LogP contribution is -2.45. The molecule has 0 unspecified atom stereocenters. The maximum absolute atomic E-state index is 6.63. The minimum atomic E-state index is -1.84. The largest absolute Gasteiger partial charge is 0.412 e. The number of rotatable bonds is 6. The highest BCUT2D eigenvalue weighted by Crippen LogP contribution is 2.39. The molecule has 2 aromatic rings. The van der Waals surface area contributed by atoms with Crippen LogP contribution in [-0.4, -0.2) is 33.9 Å². The van der Waals surface area contributed by atoms with E-state index in [1.807, 2.05) is 6.33 Å². The second-order valence-corrected chi connectivity index (χ2v) is 13.0. The van der Waals surface area contributed by atoms with Gasteiger partial charge in [-0.1, -0.05) is 45.7 Å². The Bertz CT molecular complexity index is 695. The van der Waals surface area contributed by atoms with Crippen LogP contribution in [0.5, 0.6) is 0 Å². The van der Waals surface area contributed by atoms with Crippen LogP contribution in [0.4, 0.5) is 0 Å². The summed E-state index contributed by atoms with van der Waals surface area (Å²) in [6.45, 7) is 15.7. The number of hydrogen-bond acceptors (Lipinski definition) is 4. The molecule has 0 saturated carbocycles. The highest BCUT2D eigenvalue weighted by atomic mass is 35.5. The predicted molar refractivity (Wildman–Crippen MR) is 102 cm³/mol. The molecule has 24 heavy (non-hydrogen) atoms. The normalized spacial score (nSPS) is 15.7. The minimum absolute atomic E-state index is 0.0805. The van der Waals surface area contributed by atoms with Gasteiger partial charge in [-0.05, 0) is 31.5 Å². The van der Waals surface area contributed by atoms with Crippen LogP contribution >= 0.6 is 11.6 Å². The first-order valence-electron chi connectivity index (χ1n) is 8.59. The van der Waals surface area contributed by atoms with E-state index in [9.17, 15) is 0 Å². The molecule has 134 valence electrons. The summed E-state index contributed by atoms with van der Waals surface area (Å²) in [6, 6.07) is 0.181. The van der Waals surface area contributed by atoms with Crippen molar-refractivity contribution in [2.75, 3.05) is 0 Å². The maximum Gasteiger partial charge on any atom is 0.192 e. The number of imidazole rings is 1. The van der Waals surface area contributed by atoms with Crippen molar-refractivity contribution in [3.05, 3.63) is 17.8 Å². The zero-order chi connectivity index (χ0) is 18.1. The second kappa shape index (κ2) is 7.10. The molecule has 0 bridgehead atoms. The Kier molecular flexibility index (Phi) is 5.72. The van der Waals surface area contributed by atoms with Gasteiger partial charge in [-0.15, -0.1) is 0 Å². The van der Waals surface area contributed by atoms with Crippen LogP contribution < -0.4 is 0 Å². The molecule has 0 aliphatic heterocycles. The van der Waals surface area contributed by atoms with Crippen molar-refractivity contribution in [2.24, 2.45) is 0 Å². The highest BCUT2D eigenvalue weighted by molar-refractivity contribution is 6.74. The van der Waals surface area contributed by atoms with Crippen molar-refractivity contribution in [1.29, 1.82) is 0 Å². The summed E-state index contributed by atoms with van der Waals surface area (Å²) < 4.78 is 8.74. The summed E-state index contributed by atoms with van der Waals surface area (Å²) in [7, 11) is -1.84. The summed E-state index contributed by atoms with van der Waals surface area (Å²) in [4.78, 5) is 12.8. The third-order valence-corrected chi connectivity index (χ3v) is 9.93. The molecule has 5 nitrogen and oxygen atoms in total. The van der Waals surface area contributed by atoms with Gasteiger partial charge in [0.2, 0.25) is 0 Å². The van der Waals surface area contributed by atoms with E-state index in [2.05, 4.69) is 67.2 Å². The molecule has 2 aromatic heterocycles. The van der Waals surface area contributed by atoms with Crippen LogP contribution in [0.15, 0.2) is 12.7 Å². The van der Waals surface area contributed by atoms with Crippen LogP contribution in [0.3, 0.4) is 0 Å². The predicted octanol–water partition coefficient (Wildman–Crippen LogP) is 5.23. The summed E-state index contributed by atoms with van der Waals surface area (Å²) in [6.07, 6.45) is 5.46. The maximum atomic E-state index is 6.63. The van der Waals surface area contributed by atoms with Crippen LogP contribution in [0, 0.1) is 0 Å². The van der Waals surface area contributed by atoms with Gasteiger partial charge in [-0.2, -0.15) is 0 Å². The summed E-state index contributed by atoms with van der Waals surface area (Å²) in [5.41, 5.74) is 1.43. The molecule has 0 aliphatic rings. The molecule has 0 aliphatic carbocycles. The Morgan fingerprint density at radius 3 is 2.50 bits per heavy atom. The lowest BCUT2D eigenvalue weighted by Gasteiger charge is -2.40. The molecule has 2 atom stereocenters. The van der Waals surface area contributed by atoms with Crippen molar-refractivity contribution in [3.63, 3.8) is 0 Å². The Morgan fingerprint density at radius 2 is 1.92 bits per heavy atom. The van der Waals surface area contributed by atoms with Gasteiger partial charge in [0.1, 0.15) is 11.8 Å². The van der Waals surface area contributed by atoms with Crippen LogP contribution in [0.1, 0.15) is 53.5 Å². The topological polar surface area (TPSA) is 52.8 Å². The van der Waals surface area contributed by atoms with Crippen LogP contribution in [0.25, 0.3) is 11.2 Å². The number of fused-ring (bicyclic) bond motifs is 1. The van der Waals surface area contributed by atoms with Crippen molar-refractivity contribution in [1.82, 2.24) is 19.5 Å². The van der Waals surface area contributed by atoms with Gasteiger partial charge in [0, 0.05) is 0 Å². The van der Waals surface area contributed by atoms with Gasteiger partial charge in [0.15, 0.2) is 19.1 Å². The molecule has 0 amide bonds. The molecular formula is C17H29ClN4OSi. The number of aromatic nitrogens is 4. The fraction of sp³-hybridized carbons (Fsp3) is 0.706. The Morgan fingerprint density at radius 1 is 1.25 bits per heavy atom. The van der Waals surface area contributed by atoms with Gasteiger partial charge >= 0.3 is 0 Å². The first-order chi connectivity index (χ1) is 11.1. The number of hydrogen-bond donors (Lipinski definition) is 0. The lowest BCUT2D eigenvalue weighted by atomic mass is 10.1. The smallest absolute Gasteiger partial charge is 0.192 e. The fourth-order valence-corrected chi connectivity index (χ4v) is 4.30. The first kappa shape index (κ1) is 19.3. The molecule has 0 N–H and O–H groups in total. The Balaban J connectivity index is 2.36. The summed E-state index contributed by atoms with van der Waals surface area (Å²) >= 11 is 6.15.